The van der Waals surface area contributed by atoms with Crippen LogP contribution in [0.3, 0.4) is 0 Å². The molecule has 0 atom stereocenters. The standard InChI is InChI=1S/C24H19Cl2FN4O3S/c25-19-8-7-17(12-20(19)26)29-24-30-21(14-35-24)23(33)31(13-18-2-1-11-34-18)10-9-22(32)28-16-5-3-15(27)4-6-16/h1-8,11-12,14H,9-10,13H2,(H,28,32)(H,29,30). The highest BCUT2D eigenvalue weighted by molar-refractivity contribution is 7.14. The molecule has 2 aromatic heterocycles. The molecule has 0 aliphatic carbocycles. The molecule has 11 heteroatoms. The van der Waals surface area contributed by atoms with Crippen LogP contribution in [0.2, 0.25) is 10.0 Å². The predicted molar refractivity (Wildman–Crippen MR) is 135 cm³/mol. The molecule has 4 rings (SSSR count). The van der Waals surface area contributed by atoms with Gasteiger partial charge in [-0.15, -0.1) is 11.3 Å². The van der Waals surface area contributed by atoms with E-state index in [-0.39, 0.29) is 37.0 Å². The van der Waals surface area contributed by atoms with E-state index >= 15 is 0 Å². The second-order valence-electron chi connectivity index (χ2n) is 7.40. The number of benzene rings is 2. The number of nitrogens with one attached hydrogen (secondary N) is 2. The van der Waals surface area contributed by atoms with Crippen molar-refractivity contribution >= 4 is 62.9 Å². The number of halogens is 3. The van der Waals surface area contributed by atoms with E-state index in [0.717, 1.165) is 0 Å². The highest BCUT2D eigenvalue weighted by Gasteiger charge is 2.21. The quantitative estimate of drug-likeness (QED) is 0.253. The van der Waals surface area contributed by atoms with E-state index in [9.17, 15) is 14.0 Å². The molecule has 2 N–H and O–H groups in total. The molecule has 0 radical (unpaired) electrons. The highest BCUT2D eigenvalue weighted by atomic mass is 35.5. The van der Waals surface area contributed by atoms with Crippen LogP contribution in [0.4, 0.5) is 20.9 Å². The molecule has 2 heterocycles. The number of rotatable bonds is 9. The molecular formula is C24H19Cl2FN4O3S. The van der Waals surface area contributed by atoms with Crippen LogP contribution >= 0.6 is 34.5 Å². The van der Waals surface area contributed by atoms with Crippen LogP contribution < -0.4 is 10.6 Å². The van der Waals surface area contributed by atoms with Gasteiger partial charge in [0.2, 0.25) is 5.91 Å². The number of hydrogen-bond acceptors (Lipinski definition) is 6. The van der Waals surface area contributed by atoms with Crippen molar-refractivity contribution in [3.8, 4) is 0 Å². The Morgan fingerprint density at radius 3 is 2.54 bits per heavy atom. The fraction of sp³-hybridized carbons (Fsp3) is 0.125. The molecule has 0 fully saturated rings. The molecule has 0 unspecified atom stereocenters. The Balaban J connectivity index is 1.43. The van der Waals surface area contributed by atoms with Crippen LogP contribution in [0.1, 0.15) is 22.7 Å². The van der Waals surface area contributed by atoms with Gasteiger partial charge in [0.15, 0.2) is 5.13 Å². The van der Waals surface area contributed by atoms with Gasteiger partial charge in [0, 0.05) is 29.7 Å². The summed E-state index contributed by atoms with van der Waals surface area (Å²) in [5, 5.41) is 8.75. The lowest BCUT2D eigenvalue weighted by molar-refractivity contribution is -0.116. The fourth-order valence-electron chi connectivity index (χ4n) is 3.13. The van der Waals surface area contributed by atoms with Gasteiger partial charge >= 0.3 is 0 Å². The first kappa shape index (κ1) is 24.7. The number of aromatic nitrogens is 1. The van der Waals surface area contributed by atoms with E-state index < -0.39 is 5.82 Å². The molecule has 2 amide bonds. The van der Waals surface area contributed by atoms with Gasteiger partial charge in [0.25, 0.3) is 5.91 Å². The van der Waals surface area contributed by atoms with Crippen LogP contribution in [-0.4, -0.2) is 28.2 Å². The molecule has 0 saturated carbocycles. The normalized spacial score (nSPS) is 10.7. The lowest BCUT2D eigenvalue weighted by Gasteiger charge is -2.20. The summed E-state index contributed by atoms with van der Waals surface area (Å²) in [7, 11) is 0. The minimum Gasteiger partial charge on any atom is -0.467 e. The zero-order valence-electron chi connectivity index (χ0n) is 18.1. The number of furan rings is 1. The second-order valence-corrected chi connectivity index (χ2v) is 9.08. The Hall–Kier alpha value is -3.40. The van der Waals surface area contributed by atoms with Crippen LogP contribution in [0, 0.1) is 5.82 Å². The molecule has 0 spiro atoms. The first-order valence-electron chi connectivity index (χ1n) is 10.4. The van der Waals surface area contributed by atoms with E-state index in [0.29, 0.717) is 32.3 Å². The van der Waals surface area contributed by atoms with E-state index in [1.54, 1.807) is 35.7 Å². The van der Waals surface area contributed by atoms with E-state index in [4.69, 9.17) is 27.6 Å². The molecular weight excluding hydrogens is 514 g/mol. The summed E-state index contributed by atoms with van der Waals surface area (Å²) in [6, 6.07) is 14.0. The van der Waals surface area contributed by atoms with Crippen molar-refractivity contribution < 1.29 is 18.4 Å². The summed E-state index contributed by atoms with van der Waals surface area (Å²) in [5.41, 5.74) is 1.37. The average molecular weight is 533 g/mol. The van der Waals surface area contributed by atoms with Crippen LogP contribution in [0.25, 0.3) is 0 Å². The third kappa shape index (κ3) is 6.82. The van der Waals surface area contributed by atoms with Crippen molar-refractivity contribution in [2.45, 2.75) is 13.0 Å². The van der Waals surface area contributed by atoms with Crippen molar-refractivity contribution in [2.75, 3.05) is 17.2 Å². The van der Waals surface area contributed by atoms with Gasteiger partial charge in [-0.25, -0.2) is 9.37 Å². The molecule has 0 aliphatic rings. The maximum absolute atomic E-state index is 13.2. The van der Waals surface area contributed by atoms with Crippen LogP contribution in [0.15, 0.2) is 70.7 Å². The number of anilines is 3. The van der Waals surface area contributed by atoms with E-state index in [1.165, 1.54) is 46.8 Å². The number of thiazole rings is 1. The first-order valence-corrected chi connectivity index (χ1v) is 12.1. The van der Waals surface area contributed by atoms with E-state index in [2.05, 4.69) is 15.6 Å². The summed E-state index contributed by atoms with van der Waals surface area (Å²) in [6.07, 6.45) is 1.55. The zero-order valence-corrected chi connectivity index (χ0v) is 20.5. The van der Waals surface area contributed by atoms with Gasteiger partial charge in [0.1, 0.15) is 17.3 Å². The fourth-order valence-corrected chi connectivity index (χ4v) is 4.13. The number of nitrogens with zero attached hydrogens (tertiary/aromatic N) is 2. The van der Waals surface area contributed by atoms with Crippen molar-refractivity contribution in [3.63, 3.8) is 0 Å². The minimum absolute atomic E-state index is 0.0301. The lowest BCUT2D eigenvalue weighted by Crippen LogP contribution is -2.33. The van der Waals surface area contributed by atoms with Crippen molar-refractivity contribution in [1.82, 2.24) is 9.88 Å². The largest absolute Gasteiger partial charge is 0.467 e. The third-order valence-electron chi connectivity index (χ3n) is 4.84. The third-order valence-corrected chi connectivity index (χ3v) is 6.34. The van der Waals surface area contributed by atoms with Crippen LogP contribution in [-0.2, 0) is 11.3 Å². The van der Waals surface area contributed by atoms with Crippen molar-refractivity contribution in [1.29, 1.82) is 0 Å². The highest BCUT2D eigenvalue weighted by Crippen LogP contribution is 2.28. The topological polar surface area (TPSA) is 87.5 Å². The van der Waals surface area contributed by atoms with Gasteiger partial charge in [-0.3, -0.25) is 9.59 Å². The number of amides is 2. The maximum atomic E-state index is 13.2. The Morgan fingerprint density at radius 1 is 1.06 bits per heavy atom. The second kappa shape index (κ2) is 11.4. The summed E-state index contributed by atoms with van der Waals surface area (Å²) in [6.45, 7) is 0.294. The predicted octanol–water partition coefficient (Wildman–Crippen LogP) is 6.60. The van der Waals surface area contributed by atoms with Gasteiger partial charge < -0.3 is 20.0 Å². The minimum atomic E-state index is -0.394. The van der Waals surface area contributed by atoms with Gasteiger partial charge in [0.05, 0.1) is 22.9 Å². The SMILES string of the molecule is O=C(CCN(Cc1ccco1)C(=O)c1csc(Nc2ccc(Cl)c(Cl)c2)n1)Nc1ccc(F)cc1. The van der Waals surface area contributed by atoms with Crippen molar-refractivity contribution in [3.05, 3.63) is 93.6 Å². The molecule has 4 aromatic rings. The Labute approximate surface area is 214 Å². The Kier molecular flexibility index (Phi) is 8.02. The Bertz CT molecular complexity index is 1310. The molecule has 35 heavy (non-hydrogen) atoms. The molecule has 2 aromatic carbocycles. The van der Waals surface area contributed by atoms with Gasteiger partial charge in [-0.2, -0.15) is 0 Å². The van der Waals surface area contributed by atoms with Gasteiger partial charge in [-0.1, -0.05) is 23.2 Å². The zero-order chi connectivity index (χ0) is 24.8. The molecule has 7 nitrogen and oxygen atoms in total. The number of hydrogen-bond donors (Lipinski definition) is 2. The maximum Gasteiger partial charge on any atom is 0.273 e. The smallest absolute Gasteiger partial charge is 0.273 e. The average Bonchev–Trinajstić information content (AvgIpc) is 3.52. The molecule has 0 saturated heterocycles. The molecule has 0 aliphatic heterocycles. The van der Waals surface area contributed by atoms with E-state index in [1.807, 2.05) is 0 Å². The molecule has 0 bridgehead atoms. The molecule has 180 valence electrons. The van der Waals surface area contributed by atoms with Crippen LogP contribution in [0.5, 0.6) is 0 Å². The number of carbonyl (C=O) groups is 2. The first-order chi connectivity index (χ1) is 16.9. The van der Waals surface area contributed by atoms with Crippen molar-refractivity contribution in [2.24, 2.45) is 0 Å². The number of carbonyl (C=O) groups excluding carboxylic acids is 2. The monoisotopic (exact) mass is 532 g/mol. The van der Waals surface area contributed by atoms with Gasteiger partial charge in [-0.05, 0) is 54.6 Å². The summed E-state index contributed by atoms with van der Waals surface area (Å²) < 4.78 is 18.5. The Morgan fingerprint density at radius 2 is 1.83 bits per heavy atom. The summed E-state index contributed by atoms with van der Waals surface area (Å²) >= 11 is 13.3. The lowest BCUT2D eigenvalue weighted by atomic mass is 10.2. The summed E-state index contributed by atoms with van der Waals surface area (Å²) in [5.74, 6) is -0.486. The summed E-state index contributed by atoms with van der Waals surface area (Å²) in [4.78, 5) is 31.5.